The smallest absolute Gasteiger partial charge is 0.234 e. The zero-order valence-corrected chi connectivity index (χ0v) is 10.0. The highest BCUT2D eigenvalue weighted by atomic mass is 35.5. The minimum Gasteiger partial charge on any atom is -0.380 e. The molecule has 0 atom stereocenters. The number of benzene rings is 1. The quantitative estimate of drug-likeness (QED) is 0.807. The Morgan fingerprint density at radius 3 is 2.38 bits per heavy atom. The molecule has 0 saturated carbocycles. The molecule has 1 rings (SSSR count). The van der Waals surface area contributed by atoms with Gasteiger partial charge in [-0.05, 0) is 11.1 Å². The van der Waals surface area contributed by atoms with Gasteiger partial charge in [-0.1, -0.05) is 24.3 Å². The van der Waals surface area contributed by atoms with Crippen molar-refractivity contribution in [3.8, 4) is 0 Å². The van der Waals surface area contributed by atoms with Crippen LogP contribution in [0.2, 0.25) is 0 Å². The van der Waals surface area contributed by atoms with Gasteiger partial charge >= 0.3 is 0 Å². The van der Waals surface area contributed by atoms with Crippen molar-refractivity contribution in [3.63, 3.8) is 0 Å². The third kappa shape index (κ3) is 5.11. The van der Waals surface area contributed by atoms with E-state index >= 15 is 0 Å². The minimum absolute atomic E-state index is 0. The summed E-state index contributed by atoms with van der Waals surface area (Å²) in [5.41, 5.74) is 7.34. The molecule has 0 fully saturated rings. The number of halogens is 1. The van der Waals surface area contributed by atoms with E-state index in [1.165, 1.54) is 0 Å². The maximum Gasteiger partial charge on any atom is 0.234 e. The summed E-state index contributed by atoms with van der Waals surface area (Å²) >= 11 is 0. The molecule has 1 aromatic carbocycles. The Balaban J connectivity index is 0.00000225. The van der Waals surface area contributed by atoms with Crippen LogP contribution in [0.5, 0.6) is 0 Å². The lowest BCUT2D eigenvalue weighted by Gasteiger charge is -2.05. The number of hydrogen-bond donors (Lipinski definition) is 2. The summed E-state index contributed by atoms with van der Waals surface area (Å²) < 4.78 is 5.00. The molecule has 0 unspecified atom stereocenters. The first kappa shape index (κ1) is 14.9. The number of carbonyl (C=O) groups excluding carboxylic acids is 1. The molecule has 0 spiro atoms. The van der Waals surface area contributed by atoms with Crippen LogP contribution in [0.4, 0.5) is 0 Å². The van der Waals surface area contributed by atoms with Gasteiger partial charge in [0.25, 0.3) is 0 Å². The fourth-order valence-electron chi connectivity index (χ4n) is 1.19. The van der Waals surface area contributed by atoms with E-state index in [9.17, 15) is 4.79 Å². The molecule has 0 aliphatic rings. The second kappa shape index (κ2) is 8.10. The standard InChI is InChI=1S/C11H16N2O2.ClH/c1-15-8-10-4-2-9(3-5-10)7-13-11(14)6-12;/h2-5H,6-8,12H2,1H3,(H,13,14);1H. The van der Waals surface area contributed by atoms with Gasteiger partial charge in [-0.3, -0.25) is 4.79 Å². The van der Waals surface area contributed by atoms with Crippen LogP contribution in [0.3, 0.4) is 0 Å². The molecule has 1 amide bonds. The van der Waals surface area contributed by atoms with Gasteiger partial charge in [-0.15, -0.1) is 12.4 Å². The first-order chi connectivity index (χ1) is 7.26. The number of ether oxygens (including phenoxy) is 1. The van der Waals surface area contributed by atoms with Crippen LogP contribution in [-0.4, -0.2) is 19.6 Å². The van der Waals surface area contributed by atoms with Crippen LogP contribution < -0.4 is 11.1 Å². The molecule has 0 bridgehead atoms. The summed E-state index contributed by atoms with van der Waals surface area (Å²) in [5.74, 6) is -0.143. The summed E-state index contributed by atoms with van der Waals surface area (Å²) in [6.45, 7) is 1.15. The van der Waals surface area contributed by atoms with Crippen LogP contribution >= 0.6 is 12.4 Å². The zero-order chi connectivity index (χ0) is 11.1. The number of carbonyl (C=O) groups is 1. The second-order valence-electron chi connectivity index (χ2n) is 3.23. The van der Waals surface area contributed by atoms with E-state index in [0.29, 0.717) is 13.2 Å². The van der Waals surface area contributed by atoms with Gasteiger partial charge in [0.15, 0.2) is 0 Å². The largest absolute Gasteiger partial charge is 0.380 e. The molecular formula is C11H17ClN2O2. The summed E-state index contributed by atoms with van der Waals surface area (Å²) in [6, 6.07) is 7.89. The van der Waals surface area contributed by atoms with Gasteiger partial charge in [0.05, 0.1) is 13.2 Å². The Morgan fingerprint density at radius 1 is 1.31 bits per heavy atom. The van der Waals surface area contributed by atoms with Crippen LogP contribution in [0.15, 0.2) is 24.3 Å². The molecule has 0 aliphatic heterocycles. The van der Waals surface area contributed by atoms with Crippen LogP contribution in [0.25, 0.3) is 0 Å². The van der Waals surface area contributed by atoms with E-state index in [0.717, 1.165) is 11.1 Å². The number of methoxy groups -OCH3 is 1. The SMILES string of the molecule is COCc1ccc(CNC(=O)CN)cc1.Cl. The molecule has 0 radical (unpaired) electrons. The normalized spacial score (nSPS) is 9.38. The molecule has 4 nitrogen and oxygen atoms in total. The maximum absolute atomic E-state index is 10.9. The predicted molar refractivity (Wildman–Crippen MR) is 65.3 cm³/mol. The topological polar surface area (TPSA) is 64.3 Å². The molecule has 0 aromatic heterocycles. The van der Waals surface area contributed by atoms with Crippen molar-refractivity contribution >= 4 is 18.3 Å². The molecule has 0 saturated heterocycles. The lowest BCUT2D eigenvalue weighted by molar-refractivity contribution is -0.119. The van der Waals surface area contributed by atoms with E-state index in [1.807, 2.05) is 24.3 Å². The van der Waals surface area contributed by atoms with E-state index in [-0.39, 0.29) is 24.9 Å². The van der Waals surface area contributed by atoms with E-state index in [4.69, 9.17) is 10.5 Å². The Morgan fingerprint density at radius 2 is 1.88 bits per heavy atom. The van der Waals surface area contributed by atoms with Crippen molar-refractivity contribution in [3.05, 3.63) is 35.4 Å². The minimum atomic E-state index is -0.143. The summed E-state index contributed by atoms with van der Waals surface area (Å²) in [5, 5.41) is 2.70. The molecule has 16 heavy (non-hydrogen) atoms. The number of amides is 1. The van der Waals surface area contributed by atoms with Gasteiger partial charge in [-0.25, -0.2) is 0 Å². The Labute approximate surface area is 102 Å². The van der Waals surface area contributed by atoms with Crippen molar-refractivity contribution < 1.29 is 9.53 Å². The highest BCUT2D eigenvalue weighted by molar-refractivity contribution is 5.85. The van der Waals surface area contributed by atoms with E-state index < -0.39 is 0 Å². The zero-order valence-electron chi connectivity index (χ0n) is 9.23. The fraction of sp³-hybridized carbons (Fsp3) is 0.364. The first-order valence-corrected chi connectivity index (χ1v) is 4.79. The first-order valence-electron chi connectivity index (χ1n) is 4.79. The summed E-state index contributed by atoms with van der Waals surface area (Å²) in [7, 11) is 1.66. The van der Waals surface area contributed by atoms with E-state index in [1.54, 1.807) is 7.11 Å². The average Bonchev–Trinajstić information content (AvgIpc) is 2.28. The predicted octanol–water partition coefficient (Wildman–Crippen LogP) is 0.830. The van der Waals surface area contributed by atoms with Gasteiger partial charge in [0.1, 0.15) is 0 Å². The van der Waals surface area contributed by atoms with Crippen LogP contribution in [0, 0.1) is 0 Å². The molecule has 3 N–H and O–H groups in total. The molecule has 1 aromatic rings. The number of rotatable bonds is 5. The van der Waals surface area contributed by atoms with Crippen molar-refractivity contribution in [2.75, 3.05) is 13.7 Å². The molecular weight excluding hydrogens is 228 g/mol. The highest BCUT2D eigenvalue weighted by Gasteiger charge is 1.98. The van der Waals surface area contributed by atoms with Gasteiger partial charge in [-0.2, -0.15) is 0 Å². The number of nitrogens with two attached hydrogens (primary N) is 1. The van der Waals surface area contributed by atoms with Crippen LogP contribution in [0.1, 0.15) is 11.1 Å². The average molecular weight is 245 g/mol. The van der Waals surface area contributed by atoms with Crippen molar-refractivity contribution in [1.82, 2.24) is 5.32 Å². The number of hydrogen-bond acceptors (Lipinski definition) is 3. The number of nitrogens with one attached hydrogen (secondary N) is 1. The van der Waals surface area contributed by atoms with E-state index in [2.05, 4.69) is 5.32 Å². The molecule has 0 aliphatic carbocycles. The molecule has 0 heterocycles. The van der Waals surface area contributed by atoms with Gasteiger partial charge in [0.2, 0.25) is 5.91 Å². The van der Waals surface area contributed by atoms with Crippen molar-refractivity contribution in [2.24, 2.45) is 5.73 Å². The van der Waals surface area contributed by atoms with Crippen LogP contribution in [-0.2, 0) is 22.7 Å². The van der Waals surface area contributed by atoms with Crippen molar-refractivity contribution in [1.29, 1.82) is 0 Å². The van der Waals surface area contributed by atoms with Gasteiger partial charge in [0, 0.05) is 13.7 Å². The Kier molecular flexibility index (Phi) is 7.54. The molecule has 90 valence electrons. The third-order valence-corrected chi connectivity index (χ3v) is 2.01. The second-order valence-corrected chi connectivity index (χ2v) is 3.23. The Hall–Kier alpha value is -1.10. The highest BCUT2D eigenvalue weighted by Crippen LogP contribution is 2.04. The monoisotopic (exact) mass is 244 g/mol. The lowest BCUT2D eigenvalue weighted by Crippen LogP contribution is -2.29. The maximum atomic E-state index is 10.9. The van der Waals surface area contributed by atoms with Crippen molar-refractivity contribution in [2.45, 2.75) is 13.2 Å². The van der Waals surface area contributed by atoms with Gasteiger partial charge < -0.3 is 15.8 Å². The summed E-state index contributed by atoms with van der Waals surface area (Å²) in [4.78, 5) is 10.9. The summed E-state index contributed by atoms with van der Waals surface area (Å²) in [6.07, 6.45) is 0. The third-order valence-electron chi connectivity index (χ3n) is 2.01. The molecule has 5 heteroatoms. The fourth-order valence-corrected chi connectivity index (χ4v) is 1.19. The lowest BCUT2D eigenvalue weighted by atomic mass is 10.1. The Bertz CT molecular complexity index is 314.